The molecule has 0 atom stereocenters. The summed E-state index contributed by atoms with van der Waals surface area (Å²) in [7, 11) is 0. The molecule has 0 saturated carbocycles. The first-order valence-electron chi connectivity index (χ1n) is 7.71. The van der Waals surface area contributed by atoms with E-state index in [4.69, 9.17) is 0 Å². The van der Waals surface area contributed by atoms with Gasteiger partial charge in [-0.25, -0.2) is 0 Å². The normalized spacial score (nSPS) is 12.8. The van der Waals surface area contributed by atoms with E-state index in [1.165, 1.54) is 10.5 Å². The smallest absolute Gasteiger partial charge is 0.120 e. The molecule has 4 rings (SSSR count). The summed E-state index contributed by atoms with van der Waals surface area (Å²) in [5, 5.41) is 23.8. The lowest BCUT2D eigenvalue weighted by atomic mass is 10.0. The predicted octanol–water partition coefficient (Wildman–Crippen LogP) is 4.51. The van der Waals surface area contributed by atoms with Crippen LogP contribution in [0.2, 0.25) is 0 Å². The third kappa shape index (κ3) is 2.36. The Kier molecular flexibility index (Phi) is 3.55. The SMILES string of the molecule is Cc1ccc(Nc2c(C#N)cnc3ccc4c(c23)CCS4)cc1O. The minimum atomic E-state index is 0.234. The van der Waals surface area contributed by atoms with E-state index >= 15 is 0 Å². The zero-order valence-corrected chi connectivity index (χ0v) is 13.9. The molecule has 0 radical (unpaired) electrons. The van der Waals surface area contributed by atoms with Crippen LogP contribution in [0.1, 0.15) is 16.7 Å². The summed E-state index contributed by atoms with van der Waals surface area (Å²) in [6, 6.07) is 11.8. The van der Waals surface area contributed by atoms with Gasteiger partial charge in [-0.2, -0.15) is 5.26 Å². The number of phenols is 1. The van der Waals surface area contributed by atoms with Gasteiger partial charge >= 0.3 is 0 Å². The van der Waals surface area contributed by atoms with Crippen molar-refractivity contribution >= 4 is 34.0 Å². The topological polar surface area (TPSA) is 68.9 Å². The van der Waals surface area contributed by atoms with Crippen LogP contribution in [-0.4, -0.2) is 15.8 Å². The molecule has 1 aromatic heterocycles. The van der Waals surface area contributed by atoms with Gasteiger partial charge in [-0.15, -0.1) is 11.8 Å². The Bertz CT molecular complexity index is 1010. The number of phenolic OH excluding ortho intramolecular Hbond substituents is 1. The van der Waals surface area contributed by atoms with E-state index in [2.05, 4.69) is 22.4 Å². The van der Waals surface area contributed by atoms with Gasteiger partial charge < -0.3 is 10.4 Å². The first-order valence-corrected chi connectivity index (χ1v) is 8.70. The third-order valence-corrected chi connectivity index (χ3v) is 5.41. The van der Waals surface area contributed by atoms with Crippen LogP contribution in [0.25, 0.3) is 10.9 Å². The van der Waals surface area contributed by atoms with Crippen molar-refractivity contribution in [3.63, 3.8) is 0 Å². The molecule has 0 spiro atoms. The standard InChI is InChI=1S/C19H15N3OS/c1-11-2-3-13(8-16(11)23)22-19-12(9-20)10-21-15-4-5-17-14(18(15)19)6-7-24-17/h2-5,8,10,23H,6-7H2,1H3,(H,21,22). The zero-order valence-electron chi connectivity index (χ0n) is 13.1. The molecule has 1 aliphatic heterocycles. The van der Waals surface area contributed by atoms with Gasteiger partial charge in [0.05, 0.1) is 16.8 Å². The summed E-state index contributed by atoms with van der Waals surface area (Å²) in [4.78, 5) is 5.70. The largest absolute Gasteiger partial charge is 0.508 e. The van der Waals surface area contributed by atoms with Gasteiger partial charge in [0.1, 0.15) is 11.8 Å². The van der Waals surface area contributed by atoms with Crippen molar-refractivity contribution in [1.82, 2.24) is 4.98 Å². The second-order valence-corrected chi connectivity index (χ2v) is 6.96. The molecule has 0 bridgehead atoms. The highest BCUT2D eigenvalue weighted by Gasteiger charge is 2.19. The molecule has 24 heavy (non-hydrogen) atoms. The van der Waals surface area contributed by atoms with E-state index in [9.17, 15) is 10.4 Å². The molecule has 4 nitrogen and oxygen atoms in total. The van der Waals surface area contributed by atoms with E-state index in [0.29, 0.717) is 5.56 Å². The van der Waals surface area contributed by atoms with Crippen molar-refractivity contribution in [3.8, 4) is 11.8 Å². The quantitative estimate of drug-likeness (QED) is 0.722. The van der Waals surface area contributed by atoms with Crippen LogP contribution in [0.3, 0.4) is 0 Å². The van der Waals surface area contributed by atoms with E-state index in [0.717, 1.165) is 40.0 Å². The highest BCUT2D eigenvalue weighted by Crippen LogP contribution is 2.40. The summed E-state index contributed by atoms with van der Waals surface area (Å²) >= 11 is 1.84. The first kappa shape index (κ1) is 14.9. The van der Waals surface area contributed by atoms with Gasteiger partial charge in [0.15, 0.2) is 0 Å². The molecular formula is C19H15N3OS. The molecule has 3 aromatic rings. The molecular weight excluding hydrogens is 318 g/mol. The molecule has 0 saturated heterocycles. The van der Waals surface area contributed by atoms with Crippen LogP contribution in [0.5, 0.6) is 5.75 Å². The van der Waals surface area contributed by atoms with Crippen LogP contribution in [-0.2, 0) is 6.42 Å². The molecule has 2 heterocycles. The number of nitriles is 1. The van der Waals surface area contributed by atoms with E-state index in [1.807, 2.05) is 36.9 Å². The Morgan fingerprint density at radius 2 is 2.17 bits per heavy atom. The number of hydrogen-bond donors (Lipinski definition) is 2. The Morgan fingerprint density at radius 3 is 2.96 bits per heavy atom. The lowest BCUT2D eigenvalue weighted by Gasteiger charge is -2.14. The van der Waals surface area contributed by atoms with E-state index in [1.54, 1.807) is 12.3 Å². The van der Waals surface area contributed by atoms with Gasteiger partial charge in [-0.1, -0.05) is 6.07 Å². The molecule has 2 aromatic carbocycles. The second kappa shape index (κ2) is 5.73. The minimum absolute atomic E-state index is 0.234. The number of pyridine rings is 1. The number of nitrogens with one attached hydrogen (secondary N) is 1. The molecule has 0 fully saturated rings. The average molecular weight is 333 g/mol. The maximum Gasteiger partial charge on any atom is 0.120 e. The Hall–Kier alpha value is -2.71. The van der Waals surface area contributed by atoms with Crippen LogP contribution >= 0.6 is 11.8 Å². The number of thioether (sulfide) groups is 1. The highest BCUT2D eigenvalue weighted by atomic mass is 32.2. The fourth-order valence-corrected chi connectivity index (χ4v) is 4.10. The molecule has 0 amide bonds. The Balaban J connectivity index is 1.94. The van der Waals surface area contributed by atoms with Crippen molar-refractivity contribution in [1.29, 1.82) is 5.26 Å². The summed E-state index contributed by atoms with van der Waals surface area (Å²) in [6.07, 6.45) is 2.58. The number of benzene rings is 2. The monoisotopic (exact) mass is 333 g/mol. The lowest BCUT2D eigenvalue weighted by Crippen LogP contribution is -1.99. The summed E-state index contributed by atoms with van der Waals surface area (Å²) in [5.41, 5.74) is 4.98. The maximum absolute atomic E-state index is 9.95. The average Bonchev–Trinajstić information content (AvgIpc) is 3.07. The zero-order chi connectivity index (χ0) is 16.7. The van der Waals surface area contributed by atoms with Crippen LogP contribution in [0, 0.1) is 18.3 Å². The van der Waals surface area contributed by atoms with Gasteiger partial charge in [-0.05, 0) is 42.7 Å². The van der Waals surface area contributed by atoms with Crippen molar-refractivity contribution < 1.29 is 5.11 Å². The van der Waals surface area contributed by atoms with Crippen molar-refractivity contribution in [3.05, 3.63) is 53.2 Å². The summed E-state index contributed by atoms with van der Waals surface area (Å²) < 4.78 is 0. The fourth-order valence-electron chi connectivity index (χ4n) is 3.03. The molecule has 1 aliphatic rings. The van der Waals surface area contributed by atoms with Gasteiger partial charge in [0, 0.05) is 34.0 Å². The lowest BCUT2D eigenvalue weighted by molar-refractivity contribution is 0.471. The molecule has 2 N–H and O–H groups in total. The van der Waals surface area contributed by atoms with Crippen LogP contribution in [0.15, 0.2) is 41.4 Å². The summed E-state index contributed by atoms with van der Waals surface area (Å²) in [6.45, 7) is 1.85. The van der Waals surface area contributed by atoms with Gasteiger partial charge in [0.25, 0.3) is 0 Å². The first-order chi connectivity index (χ1) is 11.7. The number of aromatic hydroxyl groups is 1. The van der Waals surface area contributed by atoms with Gasteiger partial charge in [-0.3, -0.25) is 4.98 Å². The van der Waals surface area contributed by atoms with Crippen molar-refractivity contribution in [2.75, 3.05) is 11.1 Å². The molecule has 0 aliphatic carbocycles. The number of aryl methyl sites for hydroxylation is 2. The Morgan fingerprint density at radius 1 is 1.29 bits per heavy atom. The number of anilines is 2. The van der Waals surface area contributed by atoms with Crippen LogP contribution in [0.4, 0.5) is 11.4 Å². The maximum atomic E-state index is 9.95. The number of rotatable bonds is 2. The van der Waals surface area contributed by atoms with E-state index < -0.39 is 0 Å². The third-order valence-electron chi connectivity index (χ3n) is 4.31. The van der Waals surface area contributed by atoms with Gasteiger partial charge in [0.2, 0.25) is 0 Å². The molecule has 0 unspecified atom stereocenters. The fraction of sp³-hybridized carbons (Fsp3) is 0.158. The van der Waals surface area contributed by atoms with E-state index in [-0.39, 0.29) is 5.75 Å². The van der Waals surface area contributed by atoms with Crippen LogP contribution < -0.4 is 5.32 Å². The number of fused-ring (bicyclic) bond motifs is 3. The Labute approximate surface area is 144 Å². The molecule has 5 heteroatoms. The van der Waals surface area contributed by atoms with Crippen molar-refractivity contribution in [2.45, 2.75) is 18.2 Å². The number of hydrogen-bond acceptors (Lipinski definition) is 5. The van der Waals surface area contributed by atoms with Crippen molar-refractivity contribution in [2.24, 2.45) is 0 Å². The molecule has 118 valence electrons. The number of aromatic nitrogens is 1. The predicted molar refractivity (Wildman–Crippen MR) is 97.0 cm³/mol. The second-order valence-electron chi connectivity index (χ2n) is 5.82. The highest BCUT2D eigenvalue weighted by molar-refractivity contribution is 7.99. The minimum Gasteiger partial charge on any atom is -0.508 e. The summed E-state index contributed by atoms with van der Waals surface area (Å²) in [5.74, 6) is 1.29. The number of nitrogens with zero attached hydrogens (tertiary/aromatic N) is 2.